The smallest absolute Gasteiger partial charge is 0.316 e. The van der Waals surface area contributed by atoms with Crippen molar-refractivity contribution in [1.29, 1.82) is 0 Å². The van der Waals surface area contributed by atoms with Gasteiger partial charge in [-0.05, 0) is 23.3 Å². The van der Waals surface area contributed by atoms with Gasteiger partial charge in [0.1, 0.15) is 5.75 Å². The summed E-state index contributed by atoms with van der Waals surface area (Å²) in [5.41, 5.74) is 2.29. The van der Waals surface area contributed by atoms with Crippen LogP contribution < -0.4 is 0 Å². The van der Waals surface area contributed by atoms with Gasteiger partial charge in [-0.1, -0.05) is 42.5 Å². The minimum atomic E-state index is 0. The fourth-order valence-corrected chi connectivity index (χ4v) is 1.28. The van der Waals surface area contributed by atoms with Crippen molar-refractivity contribution in [2.75, 3.05) is 0 Å². The first-order valence-electron chi connectivity index (χ1n) is 4.21. The summed E-state index contributed by atoms with van der Waals surface area (Å²) >= 11 is 0. The summed E-state index contributed by atoms with van der Waals surface area (Å²) in [6.45, 7) is 0. The maximum absolute atomic E-state index is 9.10. The summed E-state index contributed by atoms with van der Waals surface area (Å²) < 4.78 is 0. The molecule has 2 aromatic carbocycles. The van der Waals surface area contributed by atoms with E-state index >= 15 is 0 Å². The predicted octanol–water partition coefficient (Wildman–Crippen LogP) is 2.14. The Morgan fingerprint density at radius 1 is 0.643 bits per heavy atom. The summed E-state index contributed by atoms with van der Waals surface area (Å²) in [4.78, 5) is 0. The third-order valence-corrected chi connectivity index (χ3v) is 1.97. The van der Waals surface area contributed by atoms with E-state index in [0.717, 1.165) is 5.56 Å². The molecule has 0 aliphatic carbocycles. The Hall–Kier alpha value is -0.994. The zero-order valence-electron chi connectivity index (χ0n) is 7.14. The maximum Gasteiger partial charge on any atom is 0.316 e. The van der Waals surface area contributed by atoms with Crippen LogP contribution in [-0.2, 0) is 0 Å². The van der Waals surface area contributed by atoms with E-state index in [-0.39, 0.29) is 23.1 Å². The molecule has 0 atom stereocenters. The SMILES string of the molecule is Oc1ccc(-c2ccccc2)cc1.[MgH2]. The lowest BCUT2D eigenvalue weighted by molar-refractivity contribution is 0.475. The topological polar surface area (TPSA) is 20.2 Å². The molecule has 2 rings (SSSR count). The Kier molecular flexibility index (Phi) is 3.98. The van der Waals surface area contributed by atoms with E-state index in [0.29, 0.717) is 5.75 Å². The van der Waals surface area contributed by atoms with Crippen molar-refractivity contribution in [2.24, 2.45) is 0 Å². The molecule has 2 heteroatoms. The van der Waals surface area contributed by atoms with Crippen LogP contribution in [0, 0.1) is 0 Å². The monoisotopic (exact) mass is 196 g/mol. The van der Waals surface area contributed by atoms with Crippen LogP contribution in [0.25, 0.3) is 11.1 Å². The maximum atomic E-state index is 9.10. The van der Waals surface area contributed by atoms with Gasteiger partial charge >= 0.3 is 23.1 Å². The fraction of sp³-hybridized carbons (Fsp3) is 0. The molecule has 0 fully saturated rings. The molecule has 0 aliphatic rings. The average Bonchev–Trinajstić information content (AvgIpc) is 2.20. The van der Waals surface area contributed by atoms with Crippen LogP contribution in [0.15, 0.2) is 54.6 Å². The van der Waals surface area contributed by atoms with Crippen molar-refractivity contribution in [3.63, 3.8) is 0 Å². The second-order valence-electron chi connectivity index (χ2n) is 2.91. The standard InChI is InChI=1S/C12H10O.Mg.2H/c13-12-8-6-11(7-9-12)10-4-2-1-3-5-10;;;/h1-9,13H;;;. The van der Waals surface area contributed by atoms with Crippen molar-refractivity contribution in [3.8, 4) is 16.9 Å². The summed E-state index contributed by atoms with van der Waals surface area (Å²) in [7, 11) is 0. The summed E-state index contributed by atoms with van der Waals surface area (Å²) in [6.07, 6.45) is 0. The minimum absolute atomic E-state index is 0. The van der Waals surface area contributed by atoms with Gasteiger partial charge in [-0.15, -0.1) is 0 Å². The van der Waals surface area contributed by atoms with Crippen LogP contribution in [0.1, 0.15) is 0 Å². The summed E-state index contributed by atoms with van der Waals surface area (Å²) in [5.74, 6) is 0.305. The van der Waals surface area contributed by atoms with Gasteiger partial charge in [0.05, 0.1) is 0 Å². The van der Waals surface area contributed by atoms with Crippen LogP contribution in [0.5, 0.6) is 5.75 Å². The van der Waals surface area contributed by atoms with Crippen LogP contribution in [-0.4, -0.2) is 28.2 Å². The zero-order chi connectivity index (χ0) is 9.10. The van der Waals surface area contributed by atoms with Gasteiger partial charge in [0.15, 0.2) is 0 Å². The molecule has 1 nitrogen and oxygen atoms in total. The van der Waals surface area contributed by atoms with Gasteiger partial charge in [0, 0.05) is 0 Å². The van der Waals surface area contributed by atoms with E-state index in [1.165, 1.54) is 5.56 Å². The molecule has 0 saturated heterocycles. The van der Waals surface area contributed by atoms with Crippen molar-refractivity contribution in [1.82, 2.24) is 0 Å². The molecule has 0 radical (unpaired) electrons. The number of aromatic hydroxyl groups is 1. The van der Waals surface area contributed by atoms with Crippen molar-refractivity contribution in [2.45, 2.75) is 0 Å². The second kappa shape index (κ2) is 5.03. The molecule has 0 bridgehead atoms. The van der Waals surface area contributed by atoms with Gasteiger partial charge in [-0.2, -0.15) is 0 Å². The largest absolute Gasteiger partial charge is 0.508 e. The Bertz CT molecular complexity index is 381. The number of benzene rings is 2. The number of phenolic OH excluding ortho intramolecular Hbond substituents is 1. The molecule has 0 aliphatic heterocycles. The van der Waals surface area contributed by atoms with Crippen molar-refractivity contribution in [3.05, 3.63) is 54.6 Å². The Morgan fingerprint density at radius 2 is 1.14 bits per heavy atom. The van der Waals surface area contributed by atoms with Crippen LogP contribution in [0.2, 0.25) is 0 Å². The molecule has 14 heavy (non-hydrogen) atoms. The summed E-state index contributed by atoms with van der Waals surface area (Å²) in [6, 6.07) is 17.3. The Labute approximate surface area is 99.6 Å². The van der Waals surface area contributed by atoms with Crippen LogP contribution in [0.4, 0.5) is 0 Å². The van der Waals surface area contributed by atoms with Gasteiger partial charge < -0.3 is 5.11 Å². The highest BCUT2D eigenvalue weighted by Gasteiger charge is 1.94. The second-order valence-corrected chi connectivity index (χ2v) is 2.91. The number of rotatable bonds is 1. The molecule has 0 amide bonds. The third-order valence-electron chi connectivity index (χ3n) is 1.97. The molecule has 0 saturated carbocycles. The molecule has 0 unspecified atom stereocenters. The van der Waals surface area contributed by atoms with Gasteiger partial charge in [0.2, 0.25) is 0 Å². The van der Waals surface area contributed by atoms with Crippen LogP contribution in [0.3, 0.4) is 0 Å². The van der Waals surface area contributed by atoms with Crippen molar-refractivity contribution < 1.29 is 5.11 Å². The first kappa shape index (κ1) is 11.1. The first-order chi connectivity index (χ1) is 6.36. The van der Waals surface area contributed by atoms with Crippen LogP contribution >= 0.6 is 0 Å². The predicted molar refractivity (Wildman–Crippen MR) is 62.1 cm³/mol. The fourth-order valence-electron chi connectivity index (χ4n) is 1.28. The van der Waals surface area contributed by atoms with Gasteiger partial charge in [-0.3, -0.25) is 0 Å². The normalized spacial score (nSPS) is 9.14. The Balaban J connectivity index is 0.000000980. The first-order valence-corrected chi connectivity index (χ1v) is 4.21. The van der Waals surface area contributed by atoms with E-state index in [1.54, 1.807) is 12.1 Å². The van der Waals surface area contributed by atoms with Gasteiger partial charge in [-0.25, -0.2) is 0 Å². The molecule has 0 aromatic heterocycles. The highest BCUT2D eigenvalue weighted by Crippen LogP contribution is 2.20. The van der Waals surface area contributed by atoms with E-state index in [1.807, 2.05) is 42.5 Å². The molecule has 1 N–H and O–H groups in total. The molecule has 0 spiro atoms. The zero-order valence-corrected chi connectivity index (χ0v) is 7.14. The third kappa shape index (κ3) is 2.50. The highest BCUT2D eigenvalue weighted by molar-refractivity contribution is 5.75. The highest BCUT2D eigenvalue weighted by atomic mass is 24.3. The average molecular weight is 197 g/mol. The number of hydrogen-bond acceptors (Lipinski definition) is 1. The van der Waals surface area contributed by atoms with Gasteiger partial charge in [0.25, 0.3) is 0 Å². The van der Waals surface area contributed by atoms with E-state index in [2.05, 4.69) is 0 Å². The lowest BCUT2D eigenvalue weighted by Crippen LogP contribution is -1.74. The van der Waals surface area contributed by atoms with Crippen molar-refractivity contribution >= 4 is 23.1 Å². The minimum Gasteiger partial charge on any atom is -0.508 e. The molecular formula is C12H12MgO. The molecule has 0 heterocycles. The molecule has 68 valence electrons. The molecule has 2 aromatic rings. The van der Waals surface area contributed by atoms with E-state index < -0.39 is 0 Å². The molecular weight excluding hydrogens is 184 g/mol. The quantitative estimate of drug-likeness (QED) is 0.693. The van der Waals surface area contributed by atoms with E-state index in [9.17, 15) is 0 Å². The lowest BCUT2D eigenvalue weighted by Gasteiger charge is -2.00. The lowest BCUT2D eigenvalue weighted by atomic mass is 10.1. The number of phenols is 1. The Morgan fingerprint density at radius 3 is 1.71 bits per heavy atom. The number of hydrogen-bond donors (Lipinski definition) is 1. The summed E-state index contributed by atoms with van der Waals surface area (Å²) in [5, 5.41) is 9.10. The van der Waals surface area contributed by atoms with E-state index in [4.69, 9.17) is 5.11 Å².